The number of hydrogen-bond donors (Lipinski definition) is 2. The van der Waals surface area contributed by atoms with Gasteiger partial charge in [-0.25, -0.2) is 0 Å². The molecule has 0 aliphatic carbocycles. The van der Waals surface area contributed by atoms with Crippen LogP contribution in [0, 0.1) is 0 Å². The van der Waals surface area contributed by atoms with Crippen molar-refractivity contribution in [1.29, 1.82) is 0 Å². The number of nitrogens with one attached hydrogen (secondary N) is 1. The Kier molecular flexibility index (Phi) is 7.00. The molecular weight excluding hydrogens is 240 g/mol. The monoisotopic (exact) mass is 264 g/mol. The van der Waals surface area contributed by atoms with Crippen LogP contribution in [0.2, 0.25) is 0 Å². The Morgan fingerprint density at radius 3 is 2.63 bits per heavy atom. The fraction of sp³-hybridized carbons (Fsp3) is 0.467. The van der Waals surface area contributed by atoms with Gasteiger partial charge in [0.2, 0.25) is 0 Å². The molecule has 0 spiro atoms. The van der Waals surface area contributed by atoms with Crippen LogP contribution >= 0.6 is 0 Å². The Labute approximate surface area is 115 Å². The zero-order chi connectivity index (χ0) is 14.1. The van der Waals surface area contributed by atoms with Crippen molar-refractivity contribution < 1.29 is 9.47 Å². The summed E-state index contributed by atoms with van der Waals surface area (Å²) < 4.78 is 10.5. The van der Waals surface area contributed by atoms with Crippen LogP contribution in [-0.2, 0) is 6.42 Å². The number of rotatable bonds is 9. The zero-order valence-corrected chi connectivity index (χ0v) is 11.8. The summed E-state index contributed by atoms with van der Waals surface area (Å²) in [6.07, 6.45) is 5.94. The molecule has 3 N–H and O–H groups in total. The van der Waals surface area contributed by atoms with E-state index in [1.165, 1.54) is 5.56 Å². The lowest BCUT2D eigenvalue weighted by molar-refractivity contribution is 0.354. The Hall–Kier alpha value is -1.52. The lowest BCUT2D eigenvalue weighted by Gasteiger charge is -2.16. The molecule has 4 nitrogen and oxygen atoms in total. The van der Waals surface area contributed by atoms with E-state index in [2.05, 4.69) is 12.0 Å². The van der Waals surface area contributed by atoms with Gasteiger partial charge in [0.1, 0.15) is 0 Å². The van der Waals surface area contributed by atoms with Crippen LogP contribution in [0.3, 0.4) is 0 Å². The minimum absolute atomic E-state index is 0.262. The molecule has 1 aromatic carbocycles. The molecular formula is C15H24N2O2. The molecule has 1 aromatic rings. The van der Waals surface area contributed by atoms with Crippen molar-refractivity contribution in [1.82, 2.24) is 5.43 Å². The van der Waals surface area contributed by atoms with Crippen molar-refractivity contribution in [2.45, 2.75) is 31.7 Å². The fourth-order valence-corrected chi connectivity index (χ4v) is 2.05. The SMILES string of the molecule is C=CCCCC(Cc1ccc(OC)c(OC)c1)NN. The molecule has 1 unspecified atom stereocenters. The first-order valence-corrected chi connectivity index (χ1v) is 6.53. The number of hydrazine groups is 1. The highest BCUT2D eigenvalue weighted by Crippen LogP contribution is 2.28. The second kappa shape index (κ2) is 8.56. The average molecular weight is 264 g/mol. The molecule has 19 heavy (non-hydrogen) atoms. The molecule has 0 saturated carbocycles. The van der Waals surface area contributed by atoms with Gasteiger partial charge in [0.25, 0.3) is 0 Å². The van der Waals surface area contributed by atoms with Gasteiger partial charge in [-0.1, -0.05) is 12.1 Å². The van der Waals surface area contributed by atoms with Crippen LogP contribution in [0.5, 0.6) is 11.5 Å². The topological polar surface area (TPSA) is 56.5 Å². The van der Waals surface area contributed by atoms with Crippen molar-refractivity contribution in [2.75, 3.05) is 14.2 Å². The van der Waals surface area contributed by atoms with Crippen molar-refractivity contribution in [3.63, 3.8) is 0 Å². The van der Waals surface area contributed by atoms with Gasteiger partial charge >= 0.3 is 0 Å². The molecule has 0 amide bonds. The quantitative estimate of drug-likeness (QED) is 0.311. The normalized spacial score (nSPS) is 11.9. The van der Waals surface area contributed by atoms with Crippen LogP contribution in [-0.4, -0.2) is 20.3 Å². The summed E-state index contributed by atoms with van der Waals surface area (Å²) in [6.45, 7) is 3.73. The number of methoxy groups -OCH3 is 2. The smallest absolute Gasteiger partial charge is 0.160 e. The maximum absolute atomic E-state index is 5.60. The van der Waals surface area contributed by atoms with E-state index in [-0.39, 0.29) is 6.04 Å². The van der Waals surface area contributed by atoms with Gasteiger partial charge in [0, 0.05) is 6.04 Å². The van der Waals surface area contributed by atoms with Crippen molar-refractivity contribution in [3.8, 4) is 11.5 Å². The maximum atomic E-state index is 5.60. The third-order valence-corrected chi connectivity index (χ3v) is 3.13. The fourth-order valence-electron chi connectivity index (χ4n) is 2.05. The molecule has 0 radical (unpaired) electrons. The maximum Gasteiger partial charge on any atom is 0.160 e. The predicted molar refractivity (Wildman–Crippen MR) is 78.4 cm³/mol. The molecule has 0 heterocycles. The number of allylic oxidation sites excluding steroid dienone is 1. The highest BCUT2D eigenvalue weighted by molar-refractivity contribution is 5.43. The van der Waals surface area contributed by atoms with Gasteiger partial charge in [-0.2, -0.15) is 0 Å². The first-order chi connectivity index (χ1) is 9.24. The molecule has 4 heteroatoms. The summed E-state index contributed by atoms with van der Waals surface area (Å²) in [4.78, 5) is 0. The van der Waals surface area contributed by atoms with E-state index >= 15 is 0 Å². The van der Waals surface area contributed by atoms with E-state index in [1.807, 2.05) is 24.3 Å². The van der Waals surface area contributed by atoms with Crippen LogP contribution in [0.4, 0.5) is 0 Å². The van der Waals surface area contributed by atoms with E-state index in [0.717, 1.165) is 37.2 Å². The predicted octanol–water partition coefficient (Wildman–Crippen LogP) is 2.43. The molecule has 0 bridgehead atoms. The zero-order valence-electron chi connectivity index (χ0n) is 11.8. The highest BCUT2D eigenvalue weighted by atomic mass is 16.5. The Morgan fingerprint density at radius 2 is 2.05 bits per heavy atom. The Bertz CT molecular complexity index is 394. The van der Waals surface area contributed by atoms with Crippen LogP contribution in [0.1, 0.15) is 24.8 Å². The van der Waals surface area contributed by atoms with E-state index in [9.17, 15) is 0 Å². The lowest BCUT2D eigenvalue weighted by atomic mass is 10.0. The molecule has 1 rings (SSSR count). The number of benzene rings is 1. The average Bonchev–Trinajstić information content (AvgIpc) is 2.46. The highest BCUT2D eigenvalue weighted by Gasteiger charge is 2.10. The minimum atomic E-state index is 0.262. The van der Waals surface area contributed by atoms with Crippen LogP contribution in [0.15, 0.2) is 30.9 Å². The molecule has 0 aliphatic heterocycles. The third-order valence-electron chi connectivity index (χ3n) is 3.13. The summed E-state index contributed by atoms with van der Waals surface area (Å²) >= 11 is 0. The Balaban J connectivity index is 2.66. The summed E-state index contributed by atoms with van der Waals surface area (Å²) in [6, 6.07) is 6.22. The van der Waals surface area contributed by atoms with E-state index < -0.39 is 0 Å². The van der Waals surface area contributed by atoms with Crippen molar-refractivity contribution >= 4 is 0 Å². The lowest BCUT2D eigenvalue weighted by Crippen LogP contribution is -2.36. The summed E-state index contributed by atoms with van der Waals surface area (Å²) in [5.41, 5.74) is 4.05. The Morgan fingerprint density at radius 1 is 1.32 bits per heavy atom. The molecule has 1 atom stereocenters. The summed E-state index contributed by atoms with van der Waals surface area (Å²) in [7, 11) is 3.28. The number of unbranched alkanes of at least 4 members (excludes halogenated alkanes) is 1. The van der Waals surface area contributed by atoms with Crippen molar-refractivity contribution in [3.05, 3.63) is 36.4 Å². The number of hydrogen-bond acceptors (Lipinski definition) is 4. The molecule has 0 saturated heterocycles. The van der Waals surface area contributed by atoms with Crippen LogP contribution in [0.25, 0.3) is 0 Å². The second-order valence-electron chi connectivity index (χ2n) is 4.48. The van der Waals surface area contributed by atoms with E-state index in [0.29, 0.717) is 0 Å². The van der Waals surface area contributed by atoms with E-state index in [4.69, 9.17) is 15.3 Å². The molecule has 0 aliphatic rings. The van der Waals surface area contributed by atoms with Crippen molar-refractivity contribution in [2.24, 2.45) is 5.84 Å². The molecule has 0 fully saturated rings. The molecule has 106 valence electrons. The van der Waals surface area contributed by atoms with Gasteiger partial charge < -0.3 is 9.47 Å². The standard InChI is InChI=1S/C15H24N2O2/c1-4-5-6-7-13(17-16)10-12-8-9-14(18-2)15(11-12)19-3/h4,8-9,11,13,17H,1,5-7,10,16H2,2-3H3. The van der Waals surface area contributed by atoms with Gasteiger partial charge in [0.15, 0.2) is 11.5 Å². The molecule has 0 aromatic heterocycles. The first kappa shape index (κ1) is 15.5. The first-order valence-electron chi connectivity index (χ1n) is 6.53. The third kappa shape index (κ3) is 4.93. The number of nitrogens with two attached hydrogens (primary N) is 1. The van der Waals surface area contributed by atoms with Gasteiger partial charge in [-0.05, 0) is 43.4 Å². The number of ether oxygens (including phenoxy) is 2. The van der Waals surface area contributed by atoms with E-state index in [1.54, 1.807) is 14.2 Å². The second-order valence-corrected chi connectivity index (χ2v) is 4.48. The largest absolute Gasteiger partial charge is 0.493 e. The minimum Gasteiger partial charge on any atom is -0.493 e. The summed E-state index contributed by atoms with van der Waals surface area (Å²) in [5, 5.41) is 0. The van der Waals surface area contributed by atoms with Gasteiger partial charge in [-0.15, -0.1) is 6.58 Å². The van der Waals surface area contributed by atoms with Gasteiger partial charge in [-0.3, -0.25) is 11.3 Å². The summed E-state index contributed by atoms with van der Waals surface area (Å²) in [5.74, 6) is 7.09. The van der Waals surface area contributed by atoms with Crippen LogP contribution < -0.4 is 20.7 Å². The van der Waals surface area contributed by atoms with Gasteiger partial charge in [0.05, 0.1) is 14.2 Å².